The van der Waals surface area contributed by atoms with E-state index in [1.54, 1.807) is 24.3 Å². The van der Waals surface area contributed by atoms with Crippen molar-refractivity contribution in [3.05, 3.63) is 94.8 Å². The van der Waals surface area contributed by atoms with Crippen LogP contribution in [0.25, 0.3) is 16.0 Å². The molecule has 6 nitrogen and oxygen atoms in total. The van der Waals surface area contributed by atoms with Crippen molar-refractivity contribution in [2.75, 3.05) is 12.0 Å². The van der Waals surface area contributed by atoms with E-state index in [1.165, 1.54) is 30.2 Å². The molecule has 2 heterocycles. The zero-order valence-electron chi connectivity index (χ0n) is 19.0. The normalized spacial score (nSPS) is 17.3. The molecule has 3 aromatic carbocycles. The van der Waals surface area contributed by atoms with Gasteiger partial charge in [-0.25, -0.2) is 9.37 Å². The second-order valence-corrected chi connectivity index (χ2v) is 9.11. The molecule has 0 saturated carbocycles. The molecule has 35 heavy (non-hydrogen) atoms. The molecule has 0 spiro atoms. The highest BCUT2D eigenvalue weighted by Gasteiger charge is 2.48. The number of aryl methyl sites for hydroxylation is 1. The number of thiazole rings is 1. The van der Waals surface area contributed by atoms with Crippen molar-refractivity contribution < 1.29 is 23.8 Å². The topological polar surface area (TPSA) is 79.7 Å². The molecule has 1 atom stereocenters. The van der Waals surface area contributed by atoms with Crippen LogP contribution in [-0.2, 0) is 16.0 Å². The summed E-state index contributed by atoms with van der Waals surface area (Å²) in [4.78, 5) is 32.4. The van der Waals surface area contributed by atoms with E-state index in [2.05, 4.69) is 4.98 Å². The number of rotatable bonds is 5. The maximum absolute atomic E-state index is 13.8. The Morgan fingerprint density at radius 1 is 1.11 bits per heavy atom. The van der Waals surface area contributed by atoms with Crippen LogP contribution in [-0.4, -0.2) is 28.9 Å². The summed E-state index contributed by atoms with van der Waals surface area (Å²) in [5, 5.41) is 11.5. The van der Waals surface area contributed by atoms with Gasteiger partial charge in [-0.2, -0.15) is 0 Å². The van der Waals surface area contributed by atoms with E-state index in [0.717, 1.165) is 23.3 Å². The van der Waals surface area contributed by atoms with Gasteiger partial charge in [-0.3, -0.25) is 14.5 Å². The molecule has 1 aliphatic heterocycles. The number of aliphatic hydroxyl groups excluding tert-OH is 1. The highest BCUT2D eigenvalue weighted by molar-refractivity contribution is 7.22. The summed E-state index contributed by atoms with van der Waals surface area (Å²) < 4.78 is 19.6. The first-order valence-electron chi connectivity index (χ1n) is 11.0. The molecular weight excluding hydrogens is 467 g/mol. The third-order valence-electron chi connectivity index (χ3n) is 6.04. The minimum Gasteiger partial charge on any atom is -0.507 e. The molecule has 1 aromatic heterocycles. The molecule has 176 valence electrons. The van der Waals surface area contributed by atoms with Gasteiger partial charge in [0, 0.05) is 5.56 Å². The van der Waals surface area contributed by atoms with Gasteiger partial charge in [0.05, 0.1) is 28.9 Å². The van der Waals surface area contributed by atoms with Crippen molar-refractivity contribution in [3.63, 3.8) is 0 Å². The van der Waals surface area contributed by atoms with Gasteiger partial charge in [0.15, 0.2) is 5.13 Å². The van der Waals surface area contributed by atoms with E-state index in [9.17, 15) is 19.1 Å². The Labute approximate surface area is 204 Å². The maximum Gasteiger partial charge on any atom is 0.301 e. The molecule has 1 saturated heterocycles. The molecule has 1 amide bonds. The van der Waals surface area contributed by atoms with E-state index in [0.29, 0.717) is 27.1 Å². The lowest BCUT2D eigenvalue weighted by molar-refractivity contribution is -0.132. The van der Waals surface area contributed by atoms with Crippen molar-refractivity contribution in [1.82, 2.24) is 4.98 Å². The molecule has 0 radical (unpaired) electrons. The largest absolute Gasteiger partial charge is 0.507 e. The Kier molecular flexibility index (Phi) is 5.82. The van der Waals surface area contributed by atoms with E-state index >= 15 is 0 Å². The second kappa shape index (κ2) is 8.96. The van der Waals surface area contributed by atoms with Gasteiger partial charge < -0.3 is 9.84 Å². The predicted molar refractivity (Wildman–Crippen MR) is 133 cm³/mol. The Morgan fingerprint density at radius 2 is 1.89 bits per heavy atom. The quantitative estimate of drug-likeness (QED) is 0.224. The fraction of sp³-hybridized carbons (Fsp3) is 0.148. The number of ketones is 1. The van der Waals surface area contributed by atoms with Crippen LogP contribution in [0, 0.1) is 5.82 Å². The van der Waals surface area contributed by atoms with Crippen molar-refractivity contribution in [2.24, 2.45) is 0 Å². The number of aromatic nitrogens is 1. The zero-order valence-corrected chi connectivity index (χ0v) is 19.8. The number of anilines is 1. The minimum absolute atomic E-state index is 0.0436. The number of Topliss-reactive ketones (excluding diaryl/α,β-unsaturated/α-hetero) is 1. The number of carbonyl (C=O) groups is 2. The summed E-state index contributed by atoms with van der Waals surface area (Å²) in [5.74, 6) is -1.85. The number of halogens is 1. The van der Waals surface area contributed by atoms with Gasteiger partial charge in [-0.05, 0) is 47.9 Å². The number of hydrogen-bond donors (Lipinski definition) is 1. The molecule has 0 bridgehead atoms. The first-order chi connectivity index (χ1) is 16.9. The third-order valence-corrected chi connectivity index (χ3v) is 7.05. The molecule has 5 rings (SSSR count). The lowest BCUT2D eigenvalue weighted by Gasteiger charge is -2.23. The van der Waals surface area contributed by atoms with Gasteiger partial charge in [0.2, 0.25) is 0 Å². The van der Waals surface area contributed by atoms with Crippen LogP contribution in [0.1, 0.15) is 29.7 Å². The molecular formula is C27H21FN2O4S. The van der Waals surface area contributed by atoms with E-state index in [-0.39, 0.29) is 16.5 Å². The third kappa shape index (κ3) is 3.95. The summed E-state index contributed by atoms with van der Waals surface area (Å²) in [6.45, 7) is 2.03. The number of amides is 1. The minimum atomic E-state index is -0.905. The molecule has 4 aromatic rings. The number of methoxy groups -OCH3 is 1. The fourth-order valence-electron chi connectivity index (χ4n) is 4.20. The smallest absolute Gasteiger partial charge is 0.301 e. The summed E-state index contributed by atoms with van der Waals surface area (Å²) in [7, 11) is 1.50. The van der Waals surface area contributed by atoms with Crippen LogP contribution in [0.15, 0.2) is 72.3 Å². The van der Waals surface area contributed by atoms with Crippen LogP contribution in [0.3, 0.4) is 0 Å². The maximum atomic E-state index is 13.8. The number of carbonyl (C=O) groups excluding carboxylic acids is 2. The predicted octanol–water partition coefficient (Wildman–Crippen LogP) is 5.63. The van der Waals surface area contributed by atoms with Gasteiger partial charge in [-0.15, -0.1) is 0 Å². The lowest BCUT2D eigenvalue weighted by atomic mass is 9.94. The summed E-state index contributed by atoms with van der Waals surface area (Å²) in [6, 6.07) is 17.4. The van der Waals surface area contributed by atoms with Gasteiger partial charge in [0.1, 0.15) is 17.3 Å². The Morgan fingerprint density at radius 3 is 2.60 bits per heavy atom. The van der Waals surface area contributed by atoms with Crippen molar-refractivity contribution >= 4 is 44.1 Å². The average Bonchev–Trinajstić information content (AvgIpc) is 3.41. The molecule has 1 N–H and O–H groups in total. The molecule has 8 heteroatoms. The van der Waals surface area contributed by atoms with Crippen LogP contribution in [0.4, 0.5) is 9.52 Å². The van der Waals surface area contributed by atoms with Crippen LogP contribution in [0.2, 0.25) is 0 Å². The lowest BCUT2D eigenvalue weighted by Crippen LogP contribution is -2.29. The van der Waals surface area contributed by atoms with Crippen molar-refractivity contribution in [3.8, 4) is 5.75 Å². The monoisotopic (exact) mass is 488 g/mol. The number of fused-ring (bicyclic) bond motifs is 1. The molecule has 0 aliphatic carbocycles. The van der Waals surface area contributed by atoms with Crippen LogP contribution in [0.5, 0.6) is 5.75 Å². The number of aliphatic hydroxyl groups is 1. The highest BCUT2D eigenvalue weighted by Crippen LogP contribution is 2.44. The van der Waals surface area contributed by atoms with E-state index in [1.807, 2.05) is 31.2 Å². The van der Waals surface area contributed by atoms with Gasteiger partial charge in [0.25, 0.3) is 5.78 Å². The van der Waals surface area contributed by atoms with Gasteiger partial charge in [-0.1, -0.05) is 54.7 Å². The molecule has 1 fully saturated rings. The molecule has 1 aliphatic rings. The van der Waals surface area contributed by atoms with Crippen LogP contribution >= 0.6 is 11.3 Å². The summed E-state index contributed by atoms with van der Waals surface area (Å²) in [6.07, 6.45) is 0.827. The Balaban J connectivity index is 1.72. The van der Waals surface area contributed by atoms with E-state index < -0.39 is 23.5 Å². The SMILES string of the molecule is CCc1ccc(C2/C(=C(\O)c3cccc(OC)c3)C(=O)C(=O)N2c2nc3ccc(F)cc3s2)cc1. The number of hydrogen-bond acceptors (Lipinski definition) is 6. The zero-order chi connectivity index (χ0) is 24.7. The highest BCUT2D eigenvalue weighted by atomic mass is 32.1. The second-order valence-electron chi connectivity index (χ2n) is 8.10. The van der Waals surface area contributed by atoms with E-state index in [4.69, 9.17) is 4.74 Å². The number of benzene rings is 3. The molecule has 1 unspecified atom stereocenters. The summed E-state index contributed by atoms with van der Waals surface area (Å²) >= 11 is 1.11. The first-order valence-corrected chi connectivity index (χ1v) is 11.8. The standard InChI is InChI=1S/C27H21FN2O4S/c1-3-15-7-9-16(10-8-15)23-22(24(31)17-5-4-6-19(13-17)34-2)25(32)26(33)30(23)27-29-20-12-11-18(28)14-21(20)35-27/h4-14,23,31H,3H2,1-2H3/b24-22+. The van der Waals surface area contributed by atoms with Gasteiger partial charge >= 0.3 is 5.91 Å². The number of ether oxygens (including phenoxy) is 1. The first kappa shape index (κ1) is 22.7. The van der Waals surface area contributed by atoms with Crippen molar-refractivity contribution in [1.29, 1.82) is 0 Å². The number of nitrogens with zero attached hydrogens (tertiary/aromatic N) is 2. The Bertz CT molecular complexity index is 1490. The van der Waals surface area contributed by atoms with Crippen LogP contribution < -0.4 is 9.64 Å². The fourth-order valence-corrected chi connectivity index (χ4v) is 5.21. The average molecular weight is 489 g/mol. The van der Waals surface area contributed by atoms with Crippen molar-refractivity contribution in [2.45, 2.75) is 19.4 Å². The summed E-state index contributed by atoms with van der Waals surface area (Å²) in [5.41, 5.74) is 2.56. The Hall–Kier alpha value is -4.04.